The van der Waals surface area contributed by atoms with E-state index in [1.165, 1.54) is 6.21 Å². The van der Waals surface area contributed by atoms with Crippen molar-refractivity contribution < 1.29 is 9.21 Å². The van der Waals surface area contributed by atoms with Gasteiger partial charge < -0.3 is 4.42 Å². The van der Waals surface area contributed by atoms with Gasteiger partial charge in [0.15, 0.2) is 3.77 Å². The minimum atomic E-state index is -0.368. The van der Waals surface area contributed by atoms with E-state index in [1.807, 2.05) is 36.4 Å². The summed E-state index contributed by atoms with van der Waals surface area (Å²) in [4.78, 5) is 12.0. The number of nitrogens with one attached hydrogen (secondary N) is 2. The number of amides is 1. The predicted octanol–water partition coefficient (Wildman–Crippen LogP) is 3.04. The van der Waals surface area contributed by atoms with Gasteiger partial charge in [-0.15, -0.1) is 0 Å². The number of nitrogens with zero attached hydrogens (tertiary/aromatic N) is 2. The number of carbonyl (C=O) groups is 1. The lowest BCUT2D eigenvalue weighted by Crippen LogP contribution is -2.17. The molecule has 3 aromatic rings. The van der Waals surface area contributed by atoms with Crippen molar-refractivity contribution in [1.29, 1.82) is 0 Å². The lowest BCUT2D eigenvalue weighted by molar-refractivity contribution is 0.0950. The Bertz CT molecular complexity index is 808. The van der Waals surface area contributed by atoms with Crippen LogP contribution in [0.15, 0.2) is 58.0 Å². The SMILES string of the molecule is O=C(NN=Cc1ccc(I)o1)c1cc(-c2ccccc2)n[nH]1. The second-order valence-electron chi connectivity index (χ2n) is 4.37. The predicted molar refractivity (Wildman–Crippen MR) is 90.5 cm³/mol. The molecule has 110 valence electrons. The molecule has 0 fully saturated rings. The van der Waals surface area contributed by atoms with Gasteiger partial charge in [-0.3, -0.25) is 9.89 Å². The average Bonchev–Trinajstić information content (AvgIpc) is 3.17. The van der Waals surface area contributed by atoms with E-state index in [2.05, 4.69) is 43.3 Å². The fourth-order valence-electron chi connectivity index (χ4n) is 1.81. The number of hydrogen-bond donors (Lipinski definition) is 2. The number of aromatic amines is 1. The molecule has 0 radical (unpaired) electrons. The van der Waals surface area contributed by atoms with Crippen LogP contribution in [-0.2, 0) is 0 Å². The van der Waals surface area contributed by atoms with Crippen molar-refractivity contribution in [2.75, 3.05) is 0 Å². The standard InChI is InChI=1S/C15H11IN4O2/c16-14-7-6-11(22-14)9-17-20-15(21)13-8-12(18-19-13)10-4-2-1-3-5-10/h1-9H,(H,18,19)(H,20,21). The Kier molecular flexibility index (Phi) is 4.33. The van der Waals surface area contributed by atoms with Gasteiger partial charge in [0.25, 0.3) is 5.91 Å². The van der Waals surface area contributed by atoms with Gasteiger partial charge in [-0.2, -0.15) is 10.2 Å². The lowest BCUT2D eigenvalue weighted by Gasteiger charge is -1.94. The van der Waals surface area contributed by atoms with Crippen molar-refractivity contribution in [2.45, 2.75) is 0 Å². The Morgan fingerprint density at radius 2 is 2.09 bits per heavy atom. The molecule has 22 heavy (non-hydrogen) atoms. The maximum Gasteiger partial charge on any atom is 0.289 e. The van der Waals surface area contributed by atoms with E-state index < -0.39 is 0 Å². The highest BCUT2D eigenvalue weighted by Gasteiger charge is 2.10. The van der Waals surface area contributed by atoms with Crippen LogP contribution in [0.5, 0.6) is 0 Å². The summed E-state index contributed by atoms with van der Waals surface area (Å²) in [7, 11) is 0. The van der Waals surface area contributed by atoms with Gasteiger partial charge in [-0.25, -0.2) is 5.43 Å². The smallest absolute Gasteiger partial charge is 0.289 e. The molecule has 3 rings (SSSR count). The first-order chi connectivity index (χ1) is 10.7. The average molecular weight is 406 g/mol. The number of hydrogen-bond acceptors (Lipinski definition) is 4. The van der Waals surface area contributed by atoms with E-state index in [9.17, 15) is 4.79 Å². The van der Waals surface area contributed by atoms with Crippen LogP contribution in [0.4, 0.5) is 0 Å². The van der Waals surface area contributed by atoms with E-state index in [0.29, 0.717) is 17.1 Å². The molecule has 1 aromatic carbocycles. The number of furan rings is 1. The minimum Gasteiger partial charge on any atom is -0.449 e. The van der Waals surface area contributed by atoms with Crippen molar-refractivity contribution in [2.24, 2.45) is 5.10 Å². The monoisotopic (exact) mass is 406 g/mol. The molecular formula is C15H11IN4O2. The van der Waals surface area contributed by atoms with Crippen molar-refractivity contribution in [1.82, 2.24) is 15.6 Å². The second kappa shape index (κ2) is 6.56. The third-order valence-electron chi connectivity index (χ3n) is 2.84. The first kappa shape index (κ1) is 14.5. The molecule has 0 spiro atoms. The molecule has 0 saturated heterocycles. The van der Waals surface area contributed by atoms with Crippen LogP contribution in [0.3, 0.4) is 0 Å². The number of hydrazone groups is 1. The van der Waals surface area contributed by atoms with Gasteiger partial charge in [0.1, 0.15) is 11.5 Å². The summed E-state index contributed by atoms with van der Waals surface area (Å²) in [5.74, 6) is 0.200. The first-order valence-corrected chi connectivity index (χ1v) is 7.50. The maximum absolute atomic E-state index is 12.0. The molecule has 2 N–H and O–H groups in total. The Morgan fingerprint density at radius 1 is 1.27 bits per heavy atom. The molecule has 0 atom stereocenters. The summed E-state index contributed by atoms with van der Waals surface area (Å²) in [6.07, 6.45) is 1.44. The van der Waals surface area contributed by atoms with Crippen LogP contribution >= 0.6 is 22.6 Å². The Balaban J connectivity index is 1.66. The van der Waals surface area contributed by atoms with E-state index >= 15 is 0 Å². The Hall–Kier alpha value is -2.42. The quantitative estimate of drug-likeness (QED) is 0.397. The third kappa shape index (κ3) is 3.42. The minimum absolute atomic E-state index is 0.338. The van der Waals surface area contributed by atoms with E-state index in [4.69, 9.17) is 4.42 Å². The number of H-pyrrole nitrogens is 1. The summed E-state index contributed by atoms with van der Waals surface area (Å²) < 4.78 is 6.05. The normalized spacial score (nSPS) is 11.0. The van der Waals surface area contributed by atoms with Crippen LogP contribution < -0.4 is 5.43 Å². The largest absolute Gasteiger partial charge is 0.449 e. The molecule has 7 heteroatoms. The highest BCUT2D eigenvalue weighted by atomic mass is 127. The molecule has 0 aliphatic rings. The maximum atomic E-state index is 12.0. The van der Waals surface area contributed by atoms with Crippen molar-refractivity contribution in [3.8, 4) is 11.3 Å². The van der Waals surface area contributed by atoms with Crippen molar-refractivity contribution in [3.05, 3.63) is 63.8 Å². The van der Waals surface area contributed by atoms with Crippen LogP contribution in [0, 0.1) is 3.77 Å². The first-order valence-electron chi connectivity index (χ1n) is 6.42. The molecular weight excluding hydrogens is 395 g/mol. The molecule has 2 aromatic heterocycles. The number of aromatic nitrogens is 2. The fraction of sp³-hybridized carbons (Fsp3) is 0. The summed E-state index contributed by atoms with van der Waals surface area (Å²) in [5.41, 5.74) is 4.40. The summed E-state index contributed by atoms with van der Waals surface area (Å²) >= 11 is 2.05. The molecule has 0 unspecified atom stereocenters. The van der Waals surface area contributed by atoms with Crippen molar-refractivity contribution >= 4 is 34.7 Å². The summed E-state index contributed by atoms with van der Waals surface area (Å²) in [6.45, 7) is 0. The van der Waals surface area contributed by atoms with Crippen LogP contribution in [0.1, 0.15) is 16.2 Å². The van der Waals surface area contributed by atoms with Gasteiger partial charge in [-0.1, -0.05) is 30.3 Å². The van der Waals surface area contributed by atoms with E-state index in [1.54, 1.807) is 12.1 Å². The summed E-state index contributed by atoms with van der Waals surface area (Å²) in [5, 5.41) is 10.7. The van der Waals surface area contributed by atoms with Gasteiger partial charge in [0, 0.05) is 5.56 Å². The van der Waals surface area contributed by atoms with Crippen molar-refractivity contribution in [3.63, 3.8) is 0 Å². The highest BCUT2D eigenvalue weighted by molar-refractivity contribution is 14.1. The topological polar surface area (TPSA) is 83.3 Å². The Morgan fingerprint density at radius 3 is 2.82 bits per heavy atom. The highest BCUT2D eigenvalue weighted by Crippen LogP contribution is 2.16. The number of rotatable bonds is 4. The summed E-state index contributed by atoms with van der Waals surface area (Å²) in [6, 6.07) is 14.9. The number of halogens is 1. The van der Waals surface area contributed by atoms with E-state index in [0.717, 1.165) is 9.33 Å². The van der Waals surface area contributed by atoms with Gasteiger partial charge >= 0.3 is 0 Å². The Labute approximate surface area is 139 Å². The molecule has 0 aliphatic carbocycles. The third-order valence-corrected chi connectivity index (χ3v) is 3.42. The van der Waals surface area contributed by atoms with Gasteiger partial charge in [0.05, 0.1) is 11.9 Å². The van der Waals surface area contributed by atoms with E-state index in [-0.39, 0.29) is 5.91 Å². The second-order valence-corrected chi connectivity index (χ2v) is 5.44. The number of benzene rings is 1. The molecule has 0 aliphatic heterocycles. The van der Waals surface area contributed by atoms with Crippen LogP contribution in [-0.4, -0.2) is 22.3 Å². The van der Waals surface area contributed by atoms with Gasteiger partial charge in [0.2, 0.25) is 0 Å². The number of carbonyl (C=O) groups excluding carboxylic acids is 1. The zero-order valence-electron chi connectivity index (χ0n) is 11.3. The lowest BCUT2D eigenvalue weighted by atomic mass is 10.1. The molecule has 1 amide bonds. The molecule has 0 bridgehead atoms. The van der Waals surface area contributed by atoms with Crippen LogP contribution in [0.25, 0.3) is 11.3 Å². The molecule has 6 nitrogen and oxygen atoms in total. The molecule has 2 heterocycles. The molecule has 0 saturated carbocycles. The zero-order chi connectivity index (χ0) is 15.4. The van der Waals surface area contributed by atoms with Crippen LogP contribution in [0.2, 0.25) is 0 Å². The van der Waals surface area contributed by atoms with Gasteiger partial charge in [-0.05, 0) is 40.8 Å². The fourth-order valence-corrected chi connectivity index (χ4v) is 2.24. The zero-order valence-corrected chi connectivity index (χ0v) is 13.4.